The molecule has 2 aromatic carbocycles. The zero-order valence-corrected chi connectivity index (χ0v) is 17.0. The number of thiocarbonyl (C=S) groups is 1. The molecule has 2 aromatic heterocycles. The van der Waals surface area contributed by atoms with Crippen LogP contribution in [0, 0.1) is 0 Å². The van der Waals surface area contributed by atoms with Crippen LogP contribution >= 0.6 is 12.2 Å². The Hall–Kier alpha value is -4.26. The van der Waals surface area contributed by atoms with Crippen molar-refractivity contribution in [3.8, 4) is 11.3 Å². The second-order valence-electron chi connectivity index (χ2n) is 6.41. The standard InChI is InChI=1S/C23H16N6OS/c30-22(16-3-5-18(6-4-16)26-15-31)27-19-7-9-20(10-8-19)28-23-25-13-11-21(29-23)17-2-1-12-24-14-17/h1-14H,(H,27,30)(H,25,28,29). The molecule has 0 aliphatic heterocycles. The molecule has 0 radical (unpaired) electrons. The van der Waals surface area contributed by atoms with Crippen LogP contribution in [0.1, 0.15) is 10.4 Å². The van der Waals surface area contributed by atoms with Crippen molar-refractivity contribution in [2.24, 2.45) is 4.99 Å². The number of aromatic nitrogens is 3. The molecule has 31 heavy (non-hydrogen) atoms. The van der Waals surface area contributed by atoms with E-state index in [0.29, 0.717) is 22.9 Å². The highest BCUT2D eigenvalue weighted by Gasteiger charge is 2.07. The molecule has 0 saturated heterocycles. The molecule has 0 atom stereocenters. The summed E-state index contributed by atoms with van der Waals surface area (Å²) >= 11 is 4.57. The van der Waals surface area contributed by atoms with Gasteiger partial charge in [0.25, 0.3) is 5.91 Å². The molecule has 2 N–H and O–H groups in total. The molecule has 4 rings (SSSR count). The maximum absolute atomic E-state index is 12.4. The number of amides is 1. The normalized spacial score (nSPS) is 10.1. The Morgan fingerprint density at radius 2 is 1.71 bits per heavy atom. The van der Waals surface area contributed by atoms with Gasteiger partial charge < -0.3 is 10.6 Å². The topological polar surface area (TPSA) is 92.2 Å². The Labute approximate surface area is 184 Å². The van der Waals surface area contributed by atoms with E-state index in [1.54, 1.807) is 55.0 Å². The Kier molecular flexibility index (Phi) is 6.13. The van der Waals surface area contributed by atoms with Gasteiger partial charge in [-0.3, -0.25) is 9.78 Å². The third-order valence-corrected chi connectivity index (χ3v) is 4.41. The molecule has 7 nitrogen and oxygen atoms in total. The minimum Gasteiger partial charge on any atom is -0.324 e. The van der Waals surface area contributed by atoms with Gasteiger partial charge in [-0.15, -0.1) is 0 Å². The maximum atomic E-state index is 12.4. The van der Waals surface area contributed by atoms with E-state index in [0.717, 1.165) is 16.9 Å². The molecule has 150 valence electrons. The number of aliphatic imine (C=N–C) groups is 1. The van der Waals surface area contributed by atoms with Gasteiger partial charge in [-0.25, -0.2) is 9.97 Å². The Morgan fingerprint density at radius 3 is 2.42 bits per heavy atom. The van der Waals surface area contributed by atoms with Crippen LogP contribution in [0.2, 0.25) is 0 Å². The summed E-state index contributed by atoms with van der Waals surface area (Å²) in [4.78, 5) is 29.2. The van der Waals surface area contributed by atoms with Gasteiger partial charge in [-0.2, -0.15) is 4.99 Å². The number of isothiocyanates is 1. The molecule has 0 spiro atoms. The molecule has 0 bridgehead atoms. The fourth-order valence-electron chi connectivity index (χ4n) is 2.80. The summed E-state index contributed by atoms with van der Waals surface area (Å²) < 4.78 is 0. The highest BCUT2D eigenvalue weighted by Crippen LogP contribution is 2.20. The van der Waals surface area contributed by atoms with Crippen LogP contribution in [-0.2, 0) is 0 Å². The van der Waals surface area contributed by atoms with Crippen molar-refractivity contribution in [2.75, 3.05) is 10.6 Å². The predicted molar refractivity (Wildman–Crippen MR) is 124 cm³/mol. The molecule has 4 aromatic rings. The number of rotatable bonds is 6. The van der Waals surface area contributed by atoms with Crippen LogP contribution in [0.3, 0.4) is 0 Å². The third kappa shape index (κ3) is 5.22. The first-order valence-corrected chi connectivity index (χ1v) is 9.72. The Morgan fingerprint density at radius 1 is 0.935 bits per heavy atom. The number of hydrogen-bond donors (Lipinski definition) is 2. The summed E-state index contributed by atoms with van der Waals surface area (Å²) in [7, 11) is 0. The molecule has 0 unspecified atom stereocenters. The number of carbonyl (C=O) groups is 1. The smallest absolute Gasteiger partial charge is 0.255 e. The van der Waals surface area contributed by atoms with Crippen molar-refractivity contribution in [2.45, 2.75) is 0 Å². The van der Waals surface area contributed by atoms with Crippen molar-refractivity contribution >= 4 is 46.3 Å². The predicted octanol–water partition coefficient (Wildman–Crippen LogP) is 5.27. The van der Waals surface area contributed by atoms with E-state index < -0.39 is 0 Å². The third-order valence-electron chi connectivity index (χ3n) is 4.32. The molecule has 0 aliphatic rings. The average molecular weight is 424 g/mol. The minimum atomic E-state index is -0.217. The minimum absolute atomic E-state index is 0.217. The molecule has 0 saturated carbocycles. The van der Waals surface area contributed by atoms with Gasteiger partial charge in [-0.05, 0) is 78.9 Å². The first kappa shape index (κ1) is 20.0. The van der Waals surface area contributed by atoms with E-state index in [4.69, 9.17) is 0 Å². The Bertz CT molecular complexity index is 1240. The number of nitrogens with zero attached hydrogens (tertiary/aromatic N) is 4. The van der Waals surface area contributed by atoms with Crippen LogP contribution in [0.5, 0.6) is 0 Å². The van der Waals surface area contributed by atoms with Crippen molar-refractivity contribution < 1.29 is 4.79 Å². The van der Waals surface area contributed by atoms with Crippen molar-refractivity contribution in [1.29, 1.82) is 0 Å². The van der Waals surface area contributed by atoms with Crippen LogP contribution in [0.4, 0.5) is 23.0 Å². The van der Waals surface area contributed by atoms with Crippen LogP contribution in [0.25, 0.3) is 11.3 Å². The van der Waals surface area contributed by atoms with E-state index in [-0.39, 0.29) is 5.91 Å². The quantitative estimate of drug-likeness (QED) is 0.324. The van der Waals surface area contributed by atoms with Gasteiger partial charge in [0, 0.05) is 41.1 Å². The number of hydrogen-bond acceptors (Lipinski definition) is 7. The summed E-state index contributed by atoms with van der Waals surface area (Å²) in [6.45, 7) is 0. The average Bonchev–Trinajstić information content (AvgIpc) is 2.82. The van der Waals surface area contributed by atoms with Gasteiger partial charge in [0.2, 0.25) is 5.95 Å². The SMILES string of the molecule is O=C(Nc1ccc(Nc2nccc(-c3cccnc3)n2)cc1)c1ccc(N=C=S)cc1. The van der Waals surface area contributed by atoms with Crippen LogP contribution in [0.15, 0.2) is 90.3 Å². The lowest BCUT2D eigenvalue weighted by molar-refractivity contribution is 0.102. The van der Waals surface area contributed by atoms with E-state index in [9.17, 15) is 4.79 Å². The van der Waals surface area contributed by atoms with Gasteiger partial charge in [0.15, 0.2) is 0 Å². The highest BCUT2D eigenvalue weighted by molar-refractivity contribution is 7.78. The zero-order chi connectivity index (χ0) is 21.5. The summed E-state index contributed by atoms with van der Waals surface area (Å²) in [5, 5.41) is 8.32. The van der Waals surface area contributed by atoms with E-state index >= 15 is 0 Å². The molecular weight excluding hydrogens is 408 g/mol. The number of pyridine rings is 1. The molecular formula is C23H16N6OS. The van der Waals surface area contributed by atoms with E-state index in [2.05, 4.69) is 48.0 Å². The lowest BCUT2D eigenvalue weighted by Crippen LogP contribution is -2.11. The van der Waals surface area contributed by atoms with Gasteiger partial charge in [0.05, 0.1) is 16.5 Å². The van der Waals surface area contributed by atoms with Gasteiger partial charge in [0.1, 0.15) is 0 Å². The van der Waals surface area contributed by atoms with Gasteiger partial charge >= 0.3 is 0 Å². The number of anilines is 3. The second-order valence-corrected chi connectivity index (χ2v) is 6.60. The van der Waals surface area contributed by atoms with E-state index in [1.165, 1.54) is 0 Å². The van der Waals surface area contributed by atoms with E-state index in [1.807, 2.05) is 30.3 Å². The van der Waals surface area contributed by atoms with Crippen LogP contribution in [-0.4, -0.2) is 26.0 Å². The molecule has 2 heterocycles. The summed E-state index contributed by atoms with van der Waals surface area (Å²) in [6.07, 6.45) is 5.16. The summed E-state index contributed by atoms with van der Waals surface area (Å²) in [5.74, 6) is 0.253. The summed E-state index contributed by atoms with van der Waals surface area (Å²) in [6, 6.07) is 19.7. The number of carbonyl (C=O) groups excluding carboxylic acids is 1. The number of nitrogens with one attached hydrogen (secondary N) is 2. The fourth-order valence-corrected chi connectivity index (χ4v) is 2.91. The Balaban J connectivity index is 1.41. The zero-order valence-electron chi connectivity index (χ0n) is 16.2. The van der Waals surface area contributed by atoms with Crippen molar-refractivity contribution in [3.63, 3.8) is 0 Å². The molecule has 8 heteroatoms. The van der Waals surface area contributed by atoms with Crippen molar-refractivity contribution in [3.05, 3.63) is 90.9 Å². The first-order valence-electron chi connectivity index (χ1n) is 9.31. The second kappa shape index (κ2) is 9.49. The monoisotopic (exact) mass is 424 g/mol. The molecule has 0 fully saturated rings. The highest BCUT2D eigenvalue weighted by atomic mass is 32.1. The number of benzene rings is 2. The molecule has 0 aliphatic carbocycles. The van der Waals surface area contributed by atoms with Crippen LogP contribution < -0.4 is 10.6 Å². The lowest BCUT2D eigenvalue weighted by atomic mass is 10.2. The maximum Gasteiger partial charge on any atom is 0.255 e. The van der Waals surface area contributed by atoms with Crippen molar-refractivity contribution in [1.82, 2.24) is 15.0 Å². The summed E-state index contributed by atoms with van der Waals surface area (Å²) in [5.41, 5.74) is 4.32. The largest absolute Gasteiger partial charge is 0.324 e. The fraction of sp³-hybridized carbons (Fsp3) is 0. The van der Waals surface area contributed by atoms with Gasteiger partial charge in [-0.1, -0.05) is 0 Å². The first-order chi connectivity index (χ1) is 15.2. The lowest BCUT2D eigenvalue weighted by Gasteiger charge is -2.09. The molecule has 1 amide bonds.